The summed E-state index contributed by atoms with van der Waals surface area (Å²) in [6.45, 7) is 3.75. The first kappa shape index (κ1) is 11.2. The van der Waals surface area contributed by atoms with E-state index in [1.165, 1.54) is 27.8 Å². The Bertz CT molecular complexity index is 598. The summed E-state index contributed by atoms with van der Waals surface area (Å²) < 4.78 is 0. The van der Waals surface area contributed by atoms with Crippen LogP contribution in [0.3, 0.4) is 0 Å². The minimum Gasteiger partial charge on any atom is -0.324 e. The van der Waals surface area contributed by atoms with Crippen molar-refractivity contribution >= 4 is 0 Å². The Morgan fingerprint density at radius 3 is 2.72 bits per heavy atom. The van der Waals surface area contributed by atoms with Gasteiger partial charge in [-0.25, -0.2) is 0 Å². The molecule has 0 heterocycles. The van der Waals surface area contributed by atoms with Gasteiger partial charge in [0.05, 0.1) is 0 Å². The molecule has 0 saturated carbocycles. The summed E-state index contributed by atoms with van der Waals surface area (Å²) in [5.74, 6) is 0. The number of benzene rings is 2. The number of hydrogen-bond donors (Lipinski definition) is 1. The molecular weight excluding hydrogens is 218 g/mol. The van der Waals surface area contributed by atoms with Crippen molar-refractivity contribution in [3.05, 3.63) is 71.8 Å². The van der Waals surface area contributed by atoms with Gasteiger partial charge in [0, 0.05) is 6.04 Å². The van der Waals surface area contributed by atoms with Gasteiger partial charge in [-0.05, 0) is 40.7 Å². The molecule has 2 aromatic carbocycles. The van der Waals surface area contributed by atoms with Crippen molar-refractivity contribution < 1.29 is 0 Å². The molecule has 2 aromatic rings. The second kappa shape index (κ2) is 4.43. The summed E-state index contributed by atoms with van der Waals surface area (Å²) in [7, 11) is 0. The van der Waals surface area contributed by atoms with Gasteiger partial charge in [0.15, 0.2) is 0 Å². The van der Waals surface area contributed by atoms with Gasteiger partial charge in [-0.15, -0.1) is 6.58 Å². The van der Waals surface area contributed by atoms with Crippen molar-refractivity contribution in [3.8, 4) is 11.1 Å². The molecule has 0 aliphatic heterocycles. The second-order valence-electron chi connectivity index (χ2n) is 4.88. The fourth-order valence-electron chi connectivity index (χ4n) is 2.71. The zero-order chi connectivity index (χ0) is 12.5. The largest absolute Gasteiger partial charge is 0.324 e. The maximum absolute atomic E-state index is 6.13. The Morgan fingerprint density at radius 2 is 1.89 bits per heavy atom. The van der Waals surface area contributed by atoms with Crippen molar-refractivity contribution in [2.45, 2.75) is 18.9 Å². The van der Waals surface area contributed by atoms with Crippen LogP contribution in [0.4, 0.5) is 0 Å². The Kier molecular flexibility index (Phi) is 2.77. The SMILES string of the molecule is C=CC[C@@H](N)c1ccc2c(c1)Cc1ccccc1-2. The smallest absolute Gasteiger partial charge is 0.0329 e. The Balaban J connectivity index is 2.00. The minimum absolute atomic E-state index is 0.0662. The number of rotatable bonds is 3. The molecule has 2 N–H and O–H groups in total. The fraction of sp³-hybridized carbons (Fsp3) is 0.176. The number of nitrogens with two attached hydrogens (primary N) is 1. The van der Waals surface area contributed by atoms with E-state index in [1.54, 1.807) is 0 Å². The first-order chi connectivity index (χ1) is 8.79. The van der Waals surface area contributed by atoms with Crippen LogP contribution in [0.25, 0.3) is 11.1 Å². The van der Waals surface area contributed by atoms with E-state index in [0.717, 1.165) is 12.8 Å². The van der Waals surface area contributed by atoms with Crippen LogP contribution in [-0.2, 0) is 6.42 Å². The first-order valence-corrected chi connectivity index (χ1v) is 6.37. The zero-order valence-corrected chi connectivity index (χ0v) is 10.4. The van der Waals surface area contributed by atoms with Gasteiger partial charge in [0.1, 0.15) is 0 Å². The third-order valence-corrected chi connectivity index (χ3v) is 3.67. The quantitative estimate of drug-likeness (QED) is 0.686. The van der Waals surface area contributed by atoms with Crippen LogP contribution in [-0.4, -0.2) is 0 Å². The predicted molar refractivity (Wildman–Crippen MR) is 76.4 cm³/mol. The summed E-state index contributed by atoms with van der Waals surface area (Å²) >= 11 is 0. The van der Waals surface area contributed by atoms with Crippen molar-refractivity contribution in [2.24, 2.45) is 5.73 Å². The molecule has 18 heavy (non-hydrogen) atoms. The highest BCUT2D eigenvalue weighted by molar-refractivity contribution is 5.76. The lowest BCUT2D eigenvalue weighted by Gasteiger charge is -2.11. The average molecular weight is 235 g/mol. The third kappa shape index (κ3) is 1.77. The molecule has 0 radical (unpaired) electrons. The monoisotopic (exact) mass is 235 g/mol. The standard InChI is InChI=1S/C17H17N/c1-2-5-17(18)13-8-9-16-14(11-13)10-12-6-3-4-7-15(12)16/h2-4,6-9,11,17H,1,5,10,18H2/t17-/m1/s1. The summed E-state index contributed by atoms with van der Waals surface area (Å²) in [5.41, 5.74) is 12.9. The molecule has 0 fully saturated rings. The van der Waals surface area contributed by atoms with Crippen LogP contribution in [0.1, 0.15) is 29.2 Å². The van der Waals surface area contributed by atoms with Crippen LogP contribution < -0.4 is 5.73 Å². The predicted octanol–water partition coefficient (Wildman–Crippen LogP) is 3.83. The van der Waals surface area contributed by atoms with E-state index in [2.05, 4.69) is 49.0 Å². The lowest BCUT2D eigenvalue weighted by atomic mass is 9.98. The summed E-state index contributed by atoms with van der Waals surface area (Å²) in [6, 6.07) is 15.3. The summed E-state index contributed by atoms with van der Waals surface area (Å²) in [4.78, 5) is 0. The van der Waals surface area contributed by atoms with Crippen molar-refractivity contribution in [3.63, 3.8) is 0 Å². The molecular formula is C17H17N. The summed E-state index contributed by atoms with van der Waals surface area (Å²) in [6.07, 6.45) is 3.73. The minimum atomic E-state index is 0.0662. The molecule has 1 aliphatic rings. The van der Waals surface area contributed by atoms with Crippen LogP contribution >= 0.6 is 0 Å². The average Bonchev–Trinajstić information content (AvgIpc) is 2.76. The third-order valence-electron chi connectivity index (χ3n) is 3.67. The van der Waals surface area contributed by atoms with Crippen LogP contribution in [0, 0.1) is 0 Å². The molecule has 1 aliphatic carbocycles. The van der Waals surface area contributed by atoms with Crippen molar-refractivity contribution in [2.75, 3.05) is 0 Å². The van der Waals surface area contributed by atoms with E-state index in [-0.39, 0.29) is 6.04 Å². The molecule has 3 rings (SSSR count). The van der Waals surface area contributed by atoms with Crippen LogP contribution in [0.5, 0.6) is 0 Å². The molecule has 0 saturated heterocycles. The second-order valence-corrected chi connectivity index (χ2v) is 4.88. The molecule has 0 unspecified atom stereocenters. The highest BCUT2D eigenvalue weighted by Gasteiger charge is 2.18. The Morgan fingerprint density at radius 1 is 1.11 bits per heavy atom. The highest BCUT2D eigenvalue weighted by Crippen LogP contribution is 2.37. The van der Waals surface area contributed by atoms with E-state index in [0.29, 0.717) is 0 Å². The van der Waals surface area contributed by atoms with Crippen LogP contribution in [0.2, 0.25) is 0 Å². The fourth-order valence-corrected chi connectivity index (χ4v) is 2.71. The molecule has 90 valence electrons. The van der Waals surface area contributed by atoms with Crippen molar-refractivity contribution in [1.29, 1.82) is 0 Å². The Labute approximate surface area is 108 Å². The van der Waals surface area contributed by atoms with Gasteiger partial charge in [-0.1, -0.05) is 48.5 Å². The van der Waals surface area contributed by atoms with E-state index in [9.17, 15) is 0 Å². The molecule has 1 heteroatoms. The molecule has 0 spiro atoms. The Hall–Kier alpha value is -1.86. The molecule has 0 amide bonds. The maximum Gasteiger partial charge on any atom is 0.0329 e. The van der Waals surface area contributed by atoms with Gasteiger partial charge < -0.3 is 5.73 Å². The van der Waals surface area contributed by atoms with Crippen LogP contribution in [0.15, 0.2) is 55.1 Å². The summed E-state index contributed by atoms with van der Waals surface area (Å²) in [5, 5.41) is 0. The van der Waals surface area contributed by atoms with Gasteiger partial charge >= 0.3 is 0 Å². The number of fused-ring (bicyclic) bond motifs is 3. The zero-order valence-electron chi connectivity index (χ0n) is 10.4. The topological polar surface area (TPSA) is 26.0 Å². The highest BCUT2D eigenvalue weighted by atomic mass is 14.6. The van der Waals surface area contributed by atoms with Gasteiger partial charge in [-0.3, -0.25) is 0 Å². The first-order valence-electron chi connectivity index (χ1n) is 6.37. The van der Waals surface area contributed by atoms with E-state index in [1.807, 2.05) is 6.08 Å². The van der Waals surface area contributed by atoms with E-state index < -0.39 is 0 Å². The van der Waals surface area contributed by atoms with Crippen molar-refractivity contribution in [1.82, 2.24) is 0 Å². The lowest BCUT2D eigenvalue weighted by Crippen LogP contribution is -2.09. The molecule has 0 bridgehead atoms. The molecule has 0 aromatic heterocycles. The van der Waals surface area contributed by atoms with Gasteiger partial charge in [0.25, 0.3) is 0 Å². The van der Waals surface area contributed by atoms with E-state index in [4.69, 9.17) is 5.73 Å². The van der Waals surface area contributed by atoms with E-state index >= 15 is 0 Å². The lowest BCUT2D eigenvalue weighted by molar-refractivity contribution is 0.741. The maximum atomic E-state index is 6.13. The number of hydrogen-bond acceptors (Lipinski definition) is 1. The normalized spacial score (nSPS) is 13.8. The van der Waals surface area contributed by atoms with Gasteiger partial charge in [0.2, 0.25) is 0 Å². The van der Waals surface area contributed by atoms with Gasteiger partial charge in [-0.2, -0.15) is 0 Å². The molecule has 1 nitrogen and oxygen atoms in total. The molecule has 1 atom stereocenters.